The van der Waals surface area contributed by atoms with Crippen LogP contribution in [0.1, 0.15) is 11.1 Å². The average molecular weight is 422 g/mol. The number of nitrogens with one attached hydrogen (secondary N) is 2. The third-order valence-electron chi connectivity index (χ3n) is 4.88. The van der Waals surface area contributed by atoms with Gasteiger partial charge in [-0.25, -0.2) is 14.4 Å². The van der Waals surface area contributed by atoms with Crippen LogP contribution in [0.5, 0.6) is 0 Å². The van der Waals surface area contributed by atoms with Crippen molar-refractivity contribution in [1.29, 1.82) is 5.41 Å². The van der Waals surface area contributed by atoms with Crippen LogP contribution >= 0.6 is 0 Å². The fourth-order valence-electron chi connectivity index (χ4n) is 3.37. The zero-order valence-corrected chi connectivity index (χ0v) is 15.9. The fraction of sp³-hybridized carbons (Fsp3) is 0.316. The number of ether oxygens (including phenoxy) is 1. The highest BCUT2D eigenvalue weighted by atomic mass is 19.4. The third-order valence-corrected chi connectivity index (χ3v) is 4.88. The number of benzene rings is 1. The van der Waals surface area contributed by atoms with Crippen LogP contribution in [-0.4, -0.2) is 51.6 Å². The van der Waals surface area contributed by atoms with Gasteiger partial charge in [0.15, 0.2) is 11.6 Å². The van der Waals surface area contributed by atoms with Gasteiger partial charge >= 0.3 is 6.18 Å². The molecule has 0 unspecified atom stereocenters. The van der Waals surface area contributed by atoms with Gasteiger partial charge in [-0.1, -0.05) is 6.07 Å². The Balaban J connectivity index is 1.73. The first-order valence-corrected chi connectivity index (χ1v) is 9.11. The maximum atomic E-state index is 14.4. The molecule has 0 amide bonds. The Kier molecular flexibility index (Phi) is 5.06. The molecular formula is C19H18F4N6O. The molecule has 7 nitrogen and oxygen atoms in total. The molecule has 0 spiro atoms. The topological polar surface area (TPSA) is 79.1 Å². The van der Waals surface area contributed by atoms with Crippen molar-refractivity contribution in [3.8, 4) is 0 Å². The van der Waals surface area contributed by atoms with E-state index in [9.17, 15) is 17.6 Å². The largest absolute Gasteiger partial charge is 0.419 e. The molecule has 0 radical (unpaired) electrons. The Hall–Kier alpha value is -3.21. The summed E-state index contributed by atoms with van der Waals surface area (Å²) in [6.45, 7) is 2.15. The van der Waals surface area contributed by atoms with Gasteiger partial charge in [0.1, 0.15) is 11.4 Å². The van der Waals surface area contributed by atoms with Crippen LogP contribution in [0.25, 0.3) is 11.0 Å². The maximum Gasteiger partial charge on any atom is 0.419 e. The minimum absolute atomic E-state index is 0.0994. The summed E-state index contributed by atoms with van der Waals surface area (Å²) in [5.74, 6) is -1.07. The highest BCUT2D eigenvalue weighted by molar-refractivity contribution is 6.08. The SMILES string of the molecule is Cn1cnc2c(Nc3cccc(C(F)(F)F)c3F)ncc(C(=N)N3CCOCC3)c21. The van der Waals surface area contributed by atoms with Crippen LogP contribution in [-0.2, 0) is 18.0 Å². The van der Waals surface area contributed by atoms with E-state index in [0.29, 0.717) is 49.0 Å². The van der Waals surface area contributed by atoms with Crippen molar-refractivity contribution in [2.45, 2.75) is 6.18 Å². The van der Waals surface area contributed by atoms with Crippen molar-refractivity contribution in [2.24, 2.45) is 7.05 Å². The Labute approximate surface area is 168 Å². The van der Waals surface area contributed by atoms with Gasteiger partial charge in [0.05, 0.1) is 41.9 Å². The number of fused-ring (bicyclic) bond motifs is 1. The molecule has 1 aromatic carbocycles. The Bertz CT molecular complexity index is 1100. The number of aromatic nitrogens is 3. The van der Waals surface area contributed by atoms with Crippen LogP contribution in [0.3, 0.4) is 0 Å². The molecule has 11 heteroatoms. The van der Waals surface area contributed by atoms with Gasteiger partial charge in [0.25, 0.3) is 0 Å². The van der Waals surface area contributed by atoms with E-state index in [0.717, 1.165) is 6.07 Å². The molecule has 0 saturated carbocycles. The summed E-state index contributed by atoms with van der Waals surface area (Å²) in [7, 11) is 1.74. The van der Waals surface area contributed by atoms with Crippen molar-refractivity contribution in [1.82, 2.24) is 19.4 Å². The monoisotopic (exact) mass is 422 g/mol. The van der Waals surface area contributed by atoms with Crippen molar-refractivity contribution < 1.29 is 22.3 Å². The first kappa shape index (κ1) is 20.1. The number of amidine groups is 1. The van der Waals surface area contributed by atoms with E-state index in [-0.39, 0.29) is 17.3 Å². The molecule has 0 aliphatic carbocycles. The first-order valence-electron chi connectivity index (χ1n) is 9.11. The second kappa shape index (κ2) is 7.56. The molecule has 1 aliphatic heterocycles. The Morgan fingerprint density at radius 1 is 1.20 bits per heavy atom. The lowest BCUT2D eigenvalue weighted by atomic mass is 10.1. The van der Waals surface area contributed by atoms with Gasteiger partial charge in [-0.3, -0.25) is 5.41 Å². The maximum absolute atomic E-state index is 14.4. The molecule has 158 valence electrons. The molecule has 0 atom stereocenters. The van der Waals surface area contributed by atoms with Crippen LogP contribution in [0.15, 0.2) is 30.7 Å². The predicted octanol–water partition coefficient (Wildman–Crippen LogP) is 3.53. The molecule has 3 heterocycles. The smallest absolute Gasteiger partial charge is 0.378 e. The zero-order chi connectivity index (χ0) is 21.5. The number of alkyl halides is 3. The van der Waals surface area contributed by atoms with Gasteiger partial charge in [-0.15, -0.1) is 0 Å². The molecule has 1 saturated heterocycles. The predicted molar refractivity (Wildman–Crippen MR) is 102 cm³/mol. The molecule has 0 bridgehead atoms. The highest BCUT2D eigenvalue weighted by Gasteiger charge is 2.35. The molecule has 30 heavy (non-hydrogen) atoms. The number of hydrogen-bond acceptors (Lipinski definition) is 5. The minimum atomic E-state index is -4.81. The van der Waals surface area contributed by atoms with Gasteiger partial charge < -0.3 is 19.5 Å². The van der Waals surface area contributed by atoms with Crippen molar-refractivity contribution in [2.75, 3.05) is 31.6 Å². The molecular weight excluding hydrogens is 404 g/mol. The zero-order valence-electron chi connectivity index (χ0n) is 15.9. The Morgan fingerprint density at radius 3 is 2.63 bits per heavy atom. The second-order valence-electron chi connectivity index (χ2n) is 6.81. The van der Waals surface area contributed by atoms with Crippen LogP contribution in [0, 0.1) is 11.2 Å². The highest BCUT2D eigenvalue weighted by Crippen LogP contribution is 2.35. The molecule has 2 N–H and O–H groups in total. The number of halogens is 4. The lowest BCUT2D eigenvalue weighted by Crippen LogP contribution is -2.40. The van der Waals surface area contributed by atoms with E-state index >= 15 is 0 Å². The minimum Gasteiger partial charge on any atom is -0.378 e. The Morgan fingerprint density at radius 2 is 1.93 bits per heavy atom. The van der Waals surface area contributed by atoms with E-state index < -0.39 is 17.6 Å². The number of anilines is 2. The van der Waals surface area contributed by atoms with Gasteiger partial charge in [0, 0.05) is 26.3 Å². The summed E-state index contributed by atoms with van der Waals surface area (Å²) in [4.78, 5) is 10.3. The molecule has 3 aromatic rings. The summed E-state index contributed by atoms with van der Waals surface area (Å²) < 4.78 is 60.4. The number of morpholine rings is 1. The standard InChI is InChI=1S/C19H18F4N6O/c1-28-10-26-15-16(28)11(17(24)29-5-7-30-8-6-29)9-25-18(15)27-13-4-2-3-12(14(13)20)19(21,22)23/h2-4,9-10,24H,5-8H2,1H3,(H,25,27). The quantitative estimate of drug-likeness (QED) is 0.384. The number of aryl methyl sites for hydroxylation is 1. The summed E-state index contributed by atoms with van der Waals surface area (Å²) in [6, 6.07) is 2.99. The average Bonchev–Trinajstić information content (AvgIpc) is 3.11. The van der Waals surface area contributed by atoms with Gasteiger partial charge in [-0.05, 0) is 12.1 Å². The molecule has 1 fully saturated rings. The third kappa shape index (κ3) is 3.56. The number of imidazole rings is 1. The van der Waals surface area contributed by atoms with Crippen molar-refractivity contribution in [3.05, 3.63) is 47.7 Å². The normalized spacial score (nSPS) is 14.9. The van der Waals surface area contributed by atoms with E-state index in [1.165, 1.54) is 18.6 Å². The van der Waals surface area contributed by atoms with E-state index in [1.807, 2.05) is 4.90 Å². The lowest BCUT2D eigenvalue weighted by molar-refractivity contribution is -0.139. The number of rotatable bonds is 3. The summed E-state index contributed by atoms with van der Waals surface area (Å²) in [5.41, 5.74) is -0.320. The number of hydrogen-bond donors (Lipinski definition) is 2. The van der Waals surface area contributed by atoms with Crippen LogP contribution in [0.4, 0.5) is 29.1 Å². The van der Waals surface area contributed by atoms with Crippen molar-refractivity contribution in [3.63, 3.8) is 0 Å². The first-order chi connectivity index (χ1) is 14.3. The van der Waals surface area contributed by atoms with Crippen LogP contribution in [0.2, 0.25) is 0 Å². The summed E-state index contributed by atoms with van der Waals surface area (Å²) in [5, 5.41) is 11.2. The second-order valence-corrected chi connectivity index (χ2v) is 6.81. The van der Waals surface area contributed by atoms with Crippen molar-refractivity contribution >= 4 is 28.4 Å². The molecule has 4 rings (SSSR count). The van der Waals surface area contributed by atoms with Gasteiger partial charge in [-0.2, -0.15) is 13.2 Å². The van der Waals surface area contributed by atoms with Gasteiger partial charge in [0.2, 0.25) is 0 Å². The fourth-order valence-corrected chi connectivity index (χ4v) is 3.37. The van der Waals surface area contributed by atoms with E-state index in [1.54, 1.807) is 11.6 Å². The summed E-state index contributed by atoms with van der Waals surface area (Å²) >= 11 is 0. The molecule has 1 aliphatic rings. The lowest BCUT2D eigenvalue weighted by Gasteiger charge is -2.29. The van der Waals surface area contributed by atoms with E-state index in [2.05, 4.69) is 15.3 Å². The van der Waals surface area contributed by atoms with Crippen LogP contribution < -0.4 is 5.32 Å². The molecule has 2 aromatic heterocycles. The number of pyridine rings is 1. The van der Waals surface area contributed by atoms with E-state index in [4.69, 9.17) is 10.1 Å². The number of nitrogens with zero attached hydrogens (tertiary/aromatic N) is 4. The summed E-state index contributed by atoms with van der Waals surface area (Å²) in [6.07, 6.45) is -1.86.